The third-order valence-corrected chi connectivity index (χ3v) is 3.37. The van der Waals surface area contributed by atoms with Crippen LogP contribution in [0.25, 0.3) is 0 Å². The maximum absolute atomic E-state index is 13.7. The van der Waals surface area contributed by atoms with Crippen LogP contribution in [0.1, 0.15) is 15.9 Å². The van der Waals surface area contributed by atoms with Gasteiger partial charge in [-0.15, -0.1) is 0 Å². The van der Waals surface area contributed by atoms with Gasteiger partial charge in [-0.25, -0.2) is 4.39 Å². The summed E-state index contributed by atoms with van der Waals surface area (Å²) in [5, 5.41) is 3.01. The van der Waals surface area contributed by atoms with Crippen molar-refractivity contribution in [2.75, 3.05) is 5.32 Å². The monoisotopic (exact) mass is 341 g/mol. The number of amides is 1. The molecular weight excluding hydrogens is 333 g/mol. The van der Waals surface area contributed by atoms with Crippen molar-refractivity contribution in [3.63, 3.8) is 0 Å². The second-order valence-electron chi connectivity index (χ2n) is 4.06. The van der Waals surface area contributed by atoms with Crippen LogP contribution < -0.4 is 5.32 Å². The number of hydrogen-bond donors (Lipinski definition) is 1. The van der Waals surface area contributed by atoms with Gasteiger partial charge in [-0.05, 0) is 42.8 Å². The van der Waals surface area contributed by atoms with Crippen molar-refractivity contribution in [3.8, 4) is 0 Å². The van der Waals surface area contributed by atoms with Crippen molar-refractivity contribution in [1.82, 2.24) is 0 Å². The number of aryl methyl sites for hydroxylation is 1. The number of nitrogens with one attached hydrogen (secondary N) is 1. The molecule has 2 rings (SSSR count). The van der Waals surface area contributed by atoms with E-state index in [4.69, 9.17) is 11.6 Å². The number of carbonyl (C=O) groups excluding carboxylic acids is 1. The largest absolute Gasteiger partial charge is 0.321 e. The predicted molar refractivity (Wildman–Crippen MR) is 78.2 cm³/mol. The van der Waals surface area contributed by atoms with Gasteiger partial charge < -0.3 is 5.32 Å². The fourth-order valence-corrected chi connectivity index (χ4v) is 2.10. The average Bonchev–Trinajstić information content (AvgIpc) is 2.33. The first kappa shape index (κ1) is 14.0. The summed E-state index contributed by atoms with van der Waals surface area (Å²) in [5.74, 6) is -1.12. The first-order valence-electron chi connectivity index (χ1n) is 5.50. The molecule has 0 spiro atoms. The Morgan fingerprint density at radius 1 is 1.26 bits per heavy atom. The lowest BCUT2D eigenvalue weighted by Gasteiger charge is -2.09. The van der Waals surface area contributed by atoms with E-state index >= 15 is 0 Å². The maximum atomic E-state index is 13.7. The summed E-state index contributed by atoms with van der Waals surface area (Å²) >= 11 is 9.12. The Hall–Kier alpha value is -1.39. The molecule has 0 heterocycles. The molecule has 0 unspecified atom stereocenters. The molecule has 0 fully saturated rings. The predicted octanol–water partition coefficient (Wildman–Crippen LogP) is 4.80. The topological polar surface area (TPSA) is 29.1 Å². The van der Waals surface area contributed by atoms with Gasteiger partial charge in [0.05, 0.1) is 16.3 Å². The summed E-state index contributed by atoms with van der Waals surface area (Å²) in [5.41, 5.74) is 1.39. The van der Waals surface area contributed by atoms with Gasteiger partial charge in [0, 0.05) is 4.47 Å². The highest BCUT2D eigenvalue weighted by Crippen LogP contribution is 2.24. The van der Waals surface area contributed by atoms with Crippen LogP contribution in [0.5, 0.6) is 0 Å². The van der Waals surface area contributed by atoms with Crippen LogP contribution in [-0.2, 0) is 0 Å². The van der Waals surface area contributed by atoms with Crippen molar-refractivity contribution in [2.24, 2.45) is 0 Å². The SMILES string of the molecule is Cc1ccc(Cl)c(NC(=O)c2ccc(Br)cc2F)c1. The number of carbonyl (C=O) groups is 1. The molecule has 0 aliphatic carbocycles. The zero-order chi connectivity index (χ0) is 14.0. The van der Waals surface area contributed by atoms with Crippen LogP contribution in [0.15, 0.2) is 40.9 Å². The van der Waals surface area contributed by atoms with Gasteiger partial charge >= 0.3 is 0 Å². The molecular formula is C14H10BrClFNO. The Morgan fingerprint density at radius 2 is 2.00 bits per heavy atom. The van der Waals surface area contributed by atoms with E-state index in [1.165, 1.54) is 12.1 Å². The molecule has 0 saturated heterocycles. The number of benzene rings is 2. The van der Waals surface area contributed by atoms with E-state index in [0.717, 1.165) is 5.56 Å². The highest BCUT2D eigenvalue weighted by atomic mass is 79.9. The Kier molecular flexibility index (Phi) is 4.22. The lowest BCUT2D eigenvalue weighted by atomic mass is 10.2. The molecule has 98 valence electrons. The van der Waals surface area contributed by atoms with E-state index in [0.29, 0.717) is 15.2 Å². The number of rotatable bonds is 2. The zero-order valence-electron chi connectivity index (χ0n) is 10.0. The van der Waals surface area contributed by atoms with Crippen LogP contribution in [0.4, 0.5) is 10.1 Å². The molecule has 1 N–H and O–H groups in total. The van der Waals surface area contributed by atoms with Gasteiger partial charge in [-0.1, -0.05) is 33.6 Å². The minimum absolute atomic E-state index is 0.0271. The minimum Gasteiger partial charge on any atom is -0.321 e. The first-order valence-corrected chi connectivity index (χ1v) is 6.67. The Bertz CT molecular complexity index is 645. The third kappa shape index (κ3) is 3.33. The van der Waals surface area contributed by atoms with E-state index in [1.54, 1.807) is 18.2 Å². The molecule has 0 saturated carbocycles. The Morgan fingerprint density at radius 3 is 2.68 bits per heavy atom. The van der Waals surface area contributed by atoms with Crippen molar-refractivity contribution in [1.29, 1.82) is 0 Å². The van der Waals surface area contributed by atoms with Crippen LogP contribution in [-0.4, -0.2) is 5.91 Å². The van der Waals surface area contributed by atoms with E-state index in [2.05, 4.69) is 21.2 Å². The Labute approximate surface area is 123 Å². The summed E-state index contributed by atoms with van der Waals surface area (Å²) < 4.78 is 14.2. The second-order valence-corrected chi connectivity index (χ2v) is 5.38. The van der Waals surface area contributed by atoms with Gasteiger partial charge in [0.1, 0.15) is 5.82 Å². The van der Waals surface area contributed by atoms with Gasteiger partial charge in [0.2, 0.25) is 0 Å². The smallest absolute Gasteiger partial charge is 0.258 e. The molecule has 0 radical (unpaired) electrons. The van der Waals surface area contributed by atoms with Crippen LogP contribution in [0.2, 0.25) is 5.02 Å². The van der Waals surface area contributed by atoms with Crippen LogP contribution >= 0.6 is 27.5 Å². The zero-order valence-corrected chi connectivity index (χ0v) is 12.3. The summed E-state index contributed by atoms with van der Waals surface area (Å²) in [7, 11) is 0. The first-order chi connectivity index (χ1) is 8.97. The highest BCUT2D eigenvalue weighted by Gasteiger charge is 2.13. The van der Waals surface area contributed by atoms with E-state index < -0.39 is 11.7 Å². The quantitative estimate of drug-likeness (QED) is 0.834. The lowest BCUT2D eigenvalue weighted by Crippen LogP contribution is -2.14. The molecule has 5 heteroatoms. The molecule has 2 aromatic rings. The molecule has 0 bridgehead atoms. The van der Waals surface area contributed by atoms with Crippen molar-refractivity contribution in [2.45, 2.75) is 6.92 Å². The molecule has 19 heavy (non-hydrogen) atoms. The van der Waals surface area contributed by atoms with E-state index in [1.807, 2.05) is 13.0 Å². The molecule has 0 atom stereocenters. The van der Waals surface area contributed by atoms with E-state index in [-0.39, 0.29) is 5.56 Å². The number of halogens is 3. The number of hydrogen-bond acceptors (Lipinski definition) is 1. The molecule has 2 nitrogen and oxygen atoms in total. The standard InChI is InChI=1S/C14H10BrClFNO/c1-8-2-5-11(16)13(6-8)18-14(19)10-4-3-9(15)7-12(10)17/h2-7H,1H3,(H,18,19). The van der Waals surface area contributed by atoms with Crippen molar-refractivity contribution in [3.05, 3.63) is 62.8 Å². The molecule has 2 aromatic carbocycles. The summed E-state index contributed by atoms with van der Waals surface area (Å²) in [6.07, 6.45) is 0. The highest BCUT2D eigenvalue weighted by molar-refractivity contribution is 9.10. The minimum atomic E-state index is -0.587. The van der Waals surface area contributed by atoms with Gasteiger partial charge in [-0.2, -0.15) is 0 Å². The second kappa shape index (κ2) is 5.72. The molecule has 0 aromatic heterocycles. The third-order valence-electron chi connectivity index (χ3n) is 2.55. The normalized spacial score (nSPS) is 10.3. The lowest BCUT2D eigenvalue weighted by molar-refractivity contribution is 0.102. The maximum Gasteiger partial charge on any atom is 0.258 e. The van der Waals surface area contributed by atoms with Gasteiger partial charge in [0.25, 0.3) is 5.91 Å². The van der Waals surface area contributed by atoms with Crippen LogP contribution in [0.3, 0.4) is 0 Å². The summed E-state index contributed by atoms with van der Waals surface area (Å²) in [4.78, 5) is 12.0. The summed E-state index contributed by atoms with van der Waals surface area (Å²) in [6, 6.07) is 9.51. The molecule has 0 aliphatic heterocycles. The molecule has 0 aliphatic rings. The Balaban J connectivity index is 2.28. The average molecular weight is 343 g/mol. The fourth-order valence-electron chi connectivity index (χ4n) is 1.60. The van der Waals surface area contributed by atoms with Gasteiger partial charge in [-0.3, -0.25) is 4.79 Å². The number of anilines is 1. The fraction of sp³-hybridized carbons (Fsp3) is 0.0714. The van der Waals surface area contributed by atoms with Gasteiger partial charge in [0.15, 0.2) is 0 Å². The van der Waals surface area contributed by atoms with Crippen molar-refractivity contribution < 1.29 is 9.18 Å². The van der Waals surface area contributed by atoms with Crippen LogP contribution in [0, 0.1) is 12.7 Å². The molecule has 1 amide bonds. The van der Waals surface area contributed by atoms with E-state index in [9.17, 15) is 9.18 Å². The van der Waals surface area contributed by atoms with Crippen molar-refractivity contribution >= 4 is 39.1 Å². The summed E-state index contributed by atoms with van der Waals surface area (Å²) in [6.45, 7) is 1.88.